The molecule has 1 aliphatic rings. The summed E-state index contributed by atoms with van der Waals surface area (Å²) in [5, 5.41) is 13.2. The molecule has 3 rings (SSSR count). The second-order valence-electron chi connectivity index (χ2n) is 5.21. The van der Waals surface area contributed by atoms with Crippen LogP contribution in [0.4, 0.5) is 21.5 Å². The number of hydrogen-bond acceptors (Lipinski definition) is 5. The van der Waals surface area contributed by atoms with Gasteiger partial charge in [-0.05, 0) is 24.3 Å². The number of nitrogens with one attached hydrogen (secondary N) is 1. The Hall–Kier alpha value is -3.49. The number of hydrogen-bond donors (Lipinski definition) is 1. The third-order valence-electron chi connectivity index (χ3n) is 3.54. The summed E-state index contributed by atoms with van der Waals surface area (Å²) in [6.07, 6.45) is 0. The molecule has 0 spiro atoms. The molecule has 2 amide bonds. The van der Waals surface area contributed by atoms with Crippen molar-refractivity contribution in [2.24, 2.45) is 0 Å². The Labute approximate surface area is 141 Å². The van der Waals surface area contributed by atoms with Gasteiger partial charge in [-0.3, -0.25) is 24.6 Å². The van der Waals surface area contributed by atoms with E-state index in [0.29, 0.717) is 11.4 Å². The lowest BCUT2D eigenvalue weighted by molar-refractivity contribution is -0.387. The topological polar surface area (TPSA) is 102 Å². The number of ether oxygens (including phenoxy) is 1. The van der Waals surface area contributed by atoms with Crippen LogP contribution < -0.4 is 15.0 Å². The number of carbonyl (C=O) groups is 2. The van der Waals surface area contributed by atoms with E-state index in [1.807, 2.05) is 0 Å². The average molecular weight is 345 g/mol. The molecular weight excluding hydrogens is 333 g/mol. The minimum Gasteiger partial charge on any atom is -0.482 e. The van der Waals surface area contributed by atoms with E-state index in [9.17, 15) is 24.1 Å². The maximum atomic E-state index is 13.3. The van der Waals surface area contributed by atoms with Gasteiger partial charge in [-0.1, -0.05) is 12.1 Å². The predicted molar refractivity (Wildman–Crippen MR) is 86.0 cm³/mol. The van der Waals surface area contributed by atoms with Gasteiger partial charge < -0.3 is 10.1 Å². The largest absolute Gasteiger partial charge is 0.482 e. The van der Waals surface area contributed by atoms with Gasteiger partial charge in [0.05, 0.1) is 10.6 Å². The molecule has 0 unspecified atom stereocenters. The number of benzene rings is 2. The summed E-state index contributed by atoms with van der Waals surface area (Å²) >= 11 is 0. The SMILES string of the molecule is O=C(CN1C(=O)COc2ccccc21)Nc1ccc(F)c([N+](=O)[O-])c1. The van der Waals surface area contributed by atoms with E-state index in [4.69, 9.17) is 4.74 Å². The summed E-state index contributed by atoms with van der Waals surface area (Å²) in [4.78, 5) is 35.3. The van der Waals surface area contributed by atoms with Crippen LogP contribution in [0.15, 0.2) is 42.5 Å². The normalized spacial score (nSPS) is 13.0. The molecule has 2 aromatic rings. The fourth-order valence-corrected chi connectivity index (χ4v) is 2.40. The van der Waals surface area contributed by atoms with Gasteiger partial charge in [-0.15, -0.1) is 0 Å². The molecule has 0 saturated carbocycles. The fraction of sp³-hybridized carbons (Fsp3) is 0.125. The lowest BCUT2D eigenvalue weighted by Gasteiger charge is -2.28. The first kappa shape index (κ1) is 16.4. The number of nitro benzene ring substituents is 1. The van der Waals surface area contributed by atoms with Crippen LogP contribution in [0.25, 0.3) is 0 Å². The first-order valence-corrected chi connectivity index (χ1v) is 7.21. The molecule has 25 heavy (non-hydrogen) atoms. The highest BCUT2D eigenvalue weighted by atomic mass is 19.1. The van der Waals surface area contributed by atoms with Crippen LogP contribution >= 0.6 is 0 Å². The van der Waals surface area contributed by atoms with Gasteiger partial charge in [-0.25, -0.2) is 0 Å². The summed E-state index contributed by atoms with van der Waals surface area (Å²) in [6, 6.07) is 9.78. The van der Waals surface area contributed by atoms with Crippen molar-refractivity contribution in [1.29, 1.82) is 0 Å². The Kier molecular flexibility index (Phi) is 4.29. The lowest BCUT2D eigenvalue weighted by Crippen LogP contribution is -2.43. The van der Waals surface area contributed by atoms with E-state index in [-0.39, 0.29) is 24.7 Å². The standard InChI is InChI=1S/C16H12FN3O5/c17-11-6-5-10(7-13(11)20(23)24)18-15(21)8-19-12-3-1-2-4-14(12)25-9-16(19)22/h1-7H,8-9H2,(H,18,21). The van der Waals surface area contributed by atoms with Crippen LogP contribution in [0.3, 0.4) is 0 Å². The molecule has 1 heterocycles. The van der Waals surface area contributed by atoms with Crippen molar-refractivity contribution >= 4 is 28.9 Å². The Morgan fingerprint density at radius 3 is 2.84 bits per heavy atom. The zero-order chi connectivity index (χ0) is 18.0. The van der Waals surface area contributed by atoms with Crippen molar-refractivity contribution in [3.63, 3.8) is 0 Å². The Morgan fingerprint density at radius 1 is 1.32 bits per heavy atom. The predicted octanol–water partition coefficient (Wildman–Crippen LogP) is 2.10. The van der Waals surface area contributed by atoms with Crippen LogP contribution in [-0.4, -0.2) is 29.9 Å². The van der Waals surface area contributed by atoms with E-state index < -0.39 is 22.3 Å². The van der Waals surface area contributed by atoms with Gasteiger partial charge in [0.15, 0.2) is 6.61 Å². The summed E-state index contributed by atoms with van der Waals surface area (Å²) in [5.74, 6) is -1.49. The second-order valence-corrected chi connectivity index (χ2v) is 5.21. The molecule has 2 aromatic carbocycles. The number of nitro groups is 1. The second kappa shape index (κ2) is 6.56. The number of anilines is 2. The van der Waals surface area contributed by atoms with Crippen molar-refractivity contribution in [2.45, 2.75) is 0 Å². The minimum absolute atomic E-state index is 0.0621. The van der Waals surface area contributed by atoms with E-state index in [0.717, 1.165) is 12.1 Å². The summed E-state index contributed by atoms with van der Waals surface area (Å²) in [7, 11) is 0. The molecule has 128 valence electrons. The van der Waals surface area contributed by atoms with Crippen molar-refractivity contribution in [3.05, 3.63) is 58.4 Å². The number of rotatable bonds is 4. The van der Waals surface area contributed by atoms with Crippen LogP contribution in [0.5, 0.6) is 5.75 Å². The average Bonchev–Trinajstić information content (AvgIpc) is 2.59. The molecule has 0 aliphatic carbocycles. The van der Waals surface area contributed by atoms with Gasteiger partial charge in [0.25, 0.3) is 5.91 Å². The van der Waals surface area contributed by atoms with E-state index in [1.54, 1.807) is 24.3 Å². The monoisotopic (exact) mass is 345 g/mol. The van der Waals surface area contributed by atoms with Gasteiger partial charge in [0.1, 0.15) is 12.3 Å². The summed E-state index contributed by atoms with van der Waals surface area (Å²) < 4.78 is 18.6. The summed E-state index contributed by atoms with van der Waals surface area (Å²) in [5.41, 5.74) is -0.225. The quantitative estimate of drug-likeness (QED) is 0.675. The molecule has 9 heteroatoms. The smallest absolute Gasteiger partial charge is 0.306 e. The Balaban J connectivity index is 1.76. The Morgan fingerprint density at radius 2 is 2.08 bits per heavy atom. The number of halogens is 1. The minimum atomic E-state index is -1.000. The molecule has 8 nitrogen and oxygen atoms in total. The lowest BCUT2D eigenvalue weighted by atomic mass is 10.2. The first-order chi connectivity index (χ1) is 12.0. The number of carbonyl (C=O) groups excluding carboxylic acids is 2. The van der Waals surface area contributed by atoms with E-state index >= 15 is 0 Å². The van der Waals surface area contributed by atoms with E-state index in [2.05, 4.69) is 5.32 Å². The number of para-hydroxylation sites is 2. The highest BCUT2D eigenvalue weighted by Crippen LogP contribution is 2.31. The number of nitrogens with zero attached hydrogens (tertiary/aromatic N) is 2. The molecule has 1 aliphatic heterocycles. The summed E-state index contributed by atoms with van der Waals surface area (Å²) in [6.45, 7) is -0.489. The molecule has 0 saturated heterocycles. The molecule has 0 radical (unpaired) electrons. The third-order valence-corrected chi connectivity index (χ3v) is 3.54. The van der Waals surface area contributed by atoms with Gasteiger partial charge in [0.2, 0.25) is 11.7 Å². The fourth-order valence-electron chi connectivity index (χ4n) is 2.40. The molecule has 0 aromatic heterocycles. The zero-order valence-corrected chi connectivity index (χ0v) is 12.8. The third kappa shape index (κ3) is 3.39. The van der Waals surface area contributed by atoms with Gasteiger partial charge in [-0.2, -0.15) is 4.39 Å². The van der Waals surface area contributed by atoms with Crippen LogP contribution in [0.1, 0.15) is 0 Å². The zero-order valence-electron chi connectivity index (χ0n) is 12.8. The van der Waals surface area contributed by atoms with Crippen molar-refractivity contribution < 1.29 is 23.6 Å². The molecule has 0 atom stereocenters. The highest BCUT2D eigenvalue weighted by molar-refractivity contribution is 6.05. The maximum Gasteiger partial charge on any atom is 0.306 e. The van der Waals surface area contributed by atoms with Gasteiger partial charge in [0, 0.05) is 11.8 Å². The Bertz CT molecular complexity index is 871. The van der Waals surface area contributed by atoms with Crippen LogP contribution in [0.2, 0.25) is 0 Å². The molecular formula is C16H12FN3O5. The molecule has 1 N–H and O–H groups in total. The van der Waals surface area contributed by atoms with Crippen LogP contribution in [0, 0.1) is 15.9 Å². The van der Waals surface area contributed by atoms with E-state index in [1.165, 1.54) is 11.0 Å². The van der Waals surface area contributed by atoms with Crippen molar-refractivity contribution in [3.8, 4) is 5.75 Å². The highest BCUT2D eigenvalue weighted by Gasteiger charge is 2.27. The number of amides is 2. The molecule has 0 bridgehead atoms. The molecule has 0 fully saturated rings. The van der Waals surface area contributed by atoms with Gasteiger partial charge >= 0.3 is 5.69 Å². The van der Waals surface area contributed by atoms with Crippen molar-refractivity contribution in [2.75, 3.05) is 23.4 Å². The maximum absolute atomic E-state index is 13.3. The number of fused-ring (bicyclic) bond motifs is 1. The van der Waals surface area contributed by atoms with Crippen LogP contribution in [-0.2, 0) is 9.59 Å². The van der Waals surface area contributed by atoms with Crippen molar-refractivity contribution in [1.82, 2.24) is 0 Å². The first-order valence-electron chi connectivity index (χ1n) is 7.21.